The number of aromatic nitrogens is 1. The highest BCUT2D eigenvalue weighted by Crippen LogP contribution is 2.38. The molecule has 5 nitrogen and oxygen atoms in total. The first-order valence-electron chi connectivity index (χ1n) is 9.92. The minimum absolute atomic E-state index is 0.161. The molecule has 0 radical (unpaired) electrons. The number of piperidine rings is 1. The zero-order chi connectivity index (χ0) is 18.2. The number of fused-ring (bicyclic) bond motifs is 2. The van der Waals surface area contributed by atoms with E-state index in [0.717, 1.165) is 39.1 Å². The largest absolute Gasteiger partial charge is 0.381 e. The summed E-state index contributed by atoms with van der Waals surface area (Å²) in [5.74, 6) is 1.01. The van der Waals surface area contributed by atoms with Crippen LogP contribution in [0.1, 0.15) is 24.3 Å². The van der Waals surface area contributed by atoms with E-state index < -0.39 is 0 Å². The van der Waals surface area contributed by atoms with E-state index in [1.807, 2.05) is 24.5 Å². The molecule has 1 N–H and O–H groups in total. The molecular weight excluding hydrogens is 338 g/mol. The first kappa shape index (κ1) is 16.9. The zero-order valence-electron chi connectivity index (χ0n) is 15.4. The standard InChI is InChI=1S/C22H25N3O2/c26-22(18-7-11-27-12-8-18)25-13-19-21(20(14-25)24-19)17-3-1-15(2-4-17)16-5-9-23-10-6-16/h1-6,9-10,18-21,24H,7-8,11-14H2/t19-,20+,21?. The summed E-state index contributed by atoms with van der Waals surface area (Å²) in [6.07, 6.45) is 5.40. The van der Waals surface area contributed by atoms with Crippen molar-refractivity contribution >= 4 is 5.91 Å². The number of hydrogen-bond donors (Lipinski definition) is 1. The smallest absolute Gasteiger partial charge is 0.225 e. The summed E-state index contributed by atoms with van der Waals surface area (Å²) in [6, 6.07) is 13.7. The molecule has 1 aromatic heterocycles. The molecule has 0 saturated carbocycles. The van der Waals surface area contributed by atoms with Gasteiger partial charge in [0, 0.05) is 62.6 Å². The molecule has 4 aliphatic heterocycles. The van der Waals surface area contributed by atoms with Crippen LogP contribution in [0.25, 0.3) is 11.1 Å². The molecule has 3 atom stereocenters. The summed E-state index contributed by atoms with van der Waals surface area (Å²) in [7, 11) is 0. The molecule has 4 fully saturated rings. The van der Waals surface area contributed by atoms with Crippen molar-refractivity contribution < 1.29 is 9.53 Å². The molecule has 0 aliphatic carbocycles. The van der Waals surface area contributed by atoms with Gasteiger partial charge in [-0.15, -0.1) is 0 Å². The SMILES string of the molecule is O=C(C1CCOCC1)N1C[C@@H]2N[C@H](C1)C2c1ccc(-c2ccncc2)cc1. The van der Waals surface area contributed by atoms with E-state index in [1.165, 1.54) is 16.7 Å². The third-order valence-electron chi connectivity index (χ3n) is 6.32. The third-order valence-corrected chi connectivity index (χ3v) is 6.32. The Morgan fingerprint density at radius 2 is 1.59 bits per heavy atom. The Kier molecular flexibility index (Phi) is 4.42. The van der Waals surface area contributed by atoms with Gasteiger partial charge < -0.3 is 15.0 Å². The molecule has 2 bridgehead atoms. The lowest BCUT2D eigenvalue weighted by atomic mass is 9.73. The predicted octanol–water partition coefficient (Wildman–Crippen LogP) is 2.44. The second-order valence-electron chi connectivity index (χ2n) is 7.89. The van der Waals surface area contributed by atoms with Gasteiger partial charge in [-0.3, -0.25) is 9.78 Å². The average Bonchev–Trinajstić information content (AvgIpc) is 2.75. The van der Waals surface area contributed by atoms with E-state index in [-0.39, 0.29) is 5.92 Å². The number of pyridine rings is 1. The number of carbonyl (C=O) groups excluding carboxylic acids is 1. The van der Waals surface area contributed by atoms with Gasteiger partial charge in [-0.2, -0.15) is 0 Å². The average molecular weight is 363 g/mol. The highest BCUT2D eigenvalue weighted by molar-refractivity contribution is 5.79. The molecule has 0 spiro atoms. The van der Waals surface area contributed by atoms with Crippen molar-refractivity contribution in [3.8, 4) is 11.1 Å². The second-order valence-corrected chi connectivity index (χ2v) is 7.89. The number of hydrogen-bond acceptors (Lipinski definition) is 4. The van der Waals surface area contributed by atoms with Gasteiger partial charge in [0.1, 0.15) is 0 Å². The lowest BCUT2D eigenvalue weighted by Gasteiger charge is -2.55. The first-order chi connectivity index (χ1) is 13.3. The molecule has 1 aromatic carbocycles. The Hall–Kier alpha value is -2.24. The summed E-state index contributed by atoms with van der Waals surface area (Å²) in [4.78, 5) is 19.0. The number of nitrogens with zero attached hydrogens (tertiary/aromatic N) is 2. The van der Waals surface area contributed by atoms with E-state index >= 15 is 0 Å². The molecule has 4 saturated heterocycles. The second kappa shape index (κ2) is 7.06. The maximum absolute atomic E-state index is 12.8. The van der Waals surface area contributed by atoms with Crippen LogP contribution in [-0.4, -0.2) is 54.2 Å². The lowest BCUT2D eigenvalue weighted by Crippen LogP contribution is -2.72. The van der Waals surface area contributed by atoms with Gasteiger partial charge in [0.2, 0.25) is 5.91 Å². The zero-order valence-corrected chi connectivity index (χ0v) is 15.4. The Labute approximate surface area is 159 Å². The van der Waals surface area contributed by atoms with Crippen molar-refractivity contribution in [2.24, 2.45) is 5.92 Å². The number of amides is 1. The topological polar surface area (TPSA) is 54.5 Å². The number of ether oxygens (including phenoxy) is 1. The van der Waals surface area contributed by atoms with E-state index in [4.69, 9.17) is 4.74 Å². The summed E-state index contributed by atoms with van der Waals surface area (Å²) in [6.45, 7) is 3.09. The number of benzene rings is 1. The lowest BCUT2D eigenvalue weighted by molar-refractivity contribution is -0.143. The van der Waals surface area contributed by atoms with Crippen molar-refractivity contribution in [2.75, 3.05) is 26.3 Å². The van der Waals surface area contributed by atoms with Gasteiger partial charge in [0.15, 0.2) is 0 Å². The van der Waals surface area contributed by atoms with Crippen LogP contribution in [0.3, 0.4) is 0 Å². The predicted molar refractivity (Wildman–Crippen MR) is 103 cm³/mol. The van der Waals surface area contributed by atoms with E-state index in [0.29, 0.717) is 23.9 Å². The van der Waals surface area contributed by atoms with Crippen LogP contribution in [-0.2, 0) is 9.53 Å². The van der Waals surface area contributed by atoms with Gasteiger partial charge in [-0.1, -0.05) is 24.3 Å². The van der Waals surface area contributed by atoms with Crippen molar-refractivity contribution in [3.63, 3.8) is 0 Å². The number of carbonyl (C=O) groups is 1. The number of piperazine rings is 1. The van der Waals surface area contributed by atoms with E-state index in [2.05, 4.69) is 39.5 Å². The number of rotatable bonds is 3. The highest BCUT2D eigenvalue weighted by atomic mass is 16.5. The van der Waals surface area contributed by atoms with Gasteiger partial charge in [0.05, 0.1) is 0 Å². The fraction of sp³-hybridized carbons (Fsp3) is 0.455. The normalized spacial score (nSPS) is 27.9. The quantitative estimate of drug-likeness (QED) is 0.910. The van der Waals surface area contributed by atoms with Crippen molar-refractivity contribution in [3.05, 3.63) is 54.4 Å². The molecule has 4 aliphatic rings. The Morgan fingerprint density at radius 3 is 2.26 bits per heavy atom. The summed E-state index contributed by atoms with van der Waals surface area (Å²) < 4.78 is 5.40. The minimum Gasteiger partial charge on any atom is -0.381 e. The van der Waals surface area contributed by atoms with Crippen LogP contribution in [0.2, 0.25) is 0 Å². The van der Waals surface area contributed by atoms with Crippen molar-refractivity contribution in [1.82, 2.24) is 15.2 Å². The van der Waals surface area contributed by atoms with Crippen LogP contribution in [0.5, 0.6) is 0 Å². The molecule has 2 aromatic rings. The monoisotopic (exact) mass is 363 g/mol. The van der Waals surface area contributed by atoms with Crippen LogP contribution in [0, 0.1) is 5.92 Å². The van der Waals surface area contributed by atoms with E-state index in [1.54, 1.807) is 0 Å². The maximum Gasteiger partial charge on any atom is 0.225 e. The minimum atomic E-state index is 0.161. The molecule has 1 unspecified atom stereocenters. The van der Waals surface area contributed by atoms with Crippen molar-refractivity contribution in [1.29, 1.82) is 0 Å². The molecular formula is C22H25N3O2. The maximum atomic E-state index is 12.8. The Bertz CT molecular complexity index is 790. The molecule has 1 amide bonds. The van der Waals surface area contributed by atoms with E-state index in [9.17, 15) is 4.79 Å². The third kappa shape index (κ3) is 3.15. The Morgan fingerprint density at radius 1 is 0.963 bits per heavy atom. The Balaban J connectivity index is 1.25. The fourth-order valence-corrected chi connectivity index (χ4v) is 4.82. The summed E-state index contributed by atoms with van der Waals surface area (Å²) in [5.41, 5.74) is 3.78. The van der Waals surface area contributed by atoms with Gasteiger partial charge in [0.25, 0.3) is 0 Å². The fourth-order valence-electron chi connectivity index (χ4n) is 4.82. The van der Waals surface area contributed by atoms with Crippen LogP contribution in [0.15, 0.2) is 48.8 Å². The molecule has 5 heterocycles. The highest BCUT2D eigenvalue weighted by Gasteiger charge is 2.48. The van der Waals surface area contributed by atoms with Crippen LogP contribution >= 0.6 is 0 Å². The molecule has 140 valence electrons. The molecule has 27 heavy (non-hydrogen) atoms. The van der Waals surface area contributed by atoms with Crippen molar-refractivity contribution in [2.45, 2.75) is 30.8 Å². The van der Waals surface area contributed by atoms with Crippen LogP contribution < -0.4 is 5.32 Å². The first-order valence-corrected chi connectivity index (χ1v) is 9.92. The summed E-state index contributed by atoms with van der Waals surface area (Å²) in [5, 5.41) is 3.63. The molecule has 6 rings (SSSR count). The number of nitrogens with one attached hydrogen (secondary N) is 1. The molecule has 5 heteroatoms. The summed E-state index contributed by atoms with van der Waals surface area (Å²) >= 11 is 0. The van der Waals surface area contributed by atoms with Gasteiger partial charge >= 0.3 is 0 Å². The van der Waals surface area contributed by atoms with Crippen LogP contribution in [0.4, 0.5) is 0 Å². The van der Waals surface area contributed by atoms with Gasteiger partial charge in [-0.05, 0) is 41.7 Å². The van der Waals surface area contributed by atoms with Gasteiger partial charge in [-0.25, -0.2) is 0 Å².